The van der Waals surface area contributed by atoms with E-state index in [1.807, 2.05) is 32.9 Å². The van der Waals surface area contributed by atoms with Gasteiger partial charge in [0.2, 0.25) is 0 Å². The molecule has 2 aromatic rings. The summed E-state index contributed by atoms with van der Waals surface area (Å²) in [6, 6.07) is 7.32. The van der Waals surface area contributed by atoms with E-state index >= 15 is 0 Å². The van der Waals surface area contributed by atoms with Crippen LogP contribution < -0.4 is 5.32 Å². The maximum atomic E-state index is 12.5. The molecule has 1 unspecified atom stereocenters. The third-order valence-electron chi connectivity index (χ3n) is 4.18. The summed E-state index contributed by atoms with van der Waals surface area (Å²) < 4.78 is 5.17. The van der Waals surface area contributed by atoms with Crippen LogP contribution in [0, 0.1) is 19.8 Å². The van der Waals surface area contributed by atoms with E-state index in [4.69, 9.17) is 4.52 Å². The second-order valence-electron chi connectivity index (χ2n) is 6.12. The lowest BCUT2D eigenvalue weighted by Crippen LogP contribution is -2.33. The fraction of sp³-hybridized carbons (Fsp3) is 0.421. The number of amides is 1. The number of hydrogen-bond donors (Lipinski definition) is 2. The first kappa shape index (κ1) is 20.0. The summed E-state index contributed by atoms with van der Waals surface area (Å²) in [5, 5.41) is 15.9. The first-order valence-corrected chi connectivity index (χ1v) is 9.57. The number of aromatic nitrogens is 1. The van der Waals surface area contributed by atoms with E-state index in [1.54, 1.807) is 12.1 Å². The summed E-state index contributed by atoms with van der Waals surface area (Å²) in [5.41, 5.74) is 2.42. The monoisotopic (exact) mass is 376 g/mol. The Balaban J connectivity index is 2.05. The number of nitrogens with zero attached hydrogens (tertiary/aromatic N) is 1. The highest BCUT2D eigenvalue weighted by atomic mass is 32.2. The van der Waals surface area contributed by atoms with Gasteiger partial charge in [-0.3, -0.25) is 9.59 Å². The van der Waals surface area contributed by atoms with Gasteiger partial charge in [0.1, 0.15) is 5.76 Å². The van der Waals surface area contributed by atoms with Gasteiger partial charge < -0.3 is 14.9 Å². The molecule has 0 radical (unpaired) electrons. The highest BCUT2D eigenvalue weighted by molar-refractivity contribution is 7.98. The molecule has 1 aromatic carbocycles. The molecule has 2 N–H and O–H groups in total. The topological polar surface area (TPSA) is 92.4 Å². The second kappa shape index (κ2) is 9.43. The van der Waals surface area contributed by atoms with Crippen LogP contribution in [0.15, 0.2) is 33.7 Å². The summed E-state index contributed by atoms with van der Waals surface area (Å²) in [7, 11) is 0. The number of aliphatic carboxylic acids is 1. The molecule has 1 heterocycles. The van der Waals surface area contributed by atoms with Gasteiger partial charge in [-0.25, -0.2) is 0 Å². The second-order valence-corrected chi connectivity index (χ2v) is 7.14. The fourth-order valence-electron chi connectivity index (χ4n) is 2.61. The number of carboxylic acids is 1. The first-order chi connectivity index (χ1) is 12.4. The molecule has 1 amide bonds. The van der Waals surface area contributed by atoms with Crippen molar-refractivity contribution in [2.75, 3.05) is 6.54 Å². The average Bonchev–Trinajstić information content (AvgIpc) is 2.94. The normalized spacial score (nSPS) is 12.0. The number of carboxylic acid groups (broad SMARTS) is 1. The predicted molar refractivity (Wildman–Crippen MR) is 100 cm³/mol. The molecule has 1 aromatic heterocycles. The van der Waals surface area contributed by atoms with E-state index in [9.17, 15) is 14.7 Å². The standard InChI is InChI=1S/C19H24N2O4S/c1-4-7-14(19(23)24)10-20-18(22)15-8-5-6-9-17(15)26-11-16-12(2)21-25-13(16)3/h5-6,8-9,14H,4,7,10-11H2,1-3H3,(H,20,22)(H,23,24). The fourth-order valence-corrected chi connectivity index (χ4v) is 3.81. The minimum Gasteiger partial charge on any atom is -0.481 e. The average molecular weight is 376 g/mol. The van der Waals surface area contributed by atoms with Gasteiger partial charge in [-0.2, -0.15) is 0 Å². The van der Waals surface area contributed by atoms with Crippen molar-refractivity contribution in [3.05, 3.63) is 46.8 Å². The quantitative estimate of drug-likeness (QED) is 0.647. The van der Waals surface area contributed by atoms with Gasteiger partial charge in [-0.15, -0.1) is 11.8 Å². The third kappa shape index (κ3) is 5.11. The number of aryl methyl sites for hydroxylation is 2. The van der Waals surface area contributed by atoms with E-state index in [0.717, 1.165) is 28.3 Å². The van der Waals surface area contributed by atoms with Crippen molar-refractivity contribution in [2.45, 2.75) is 44.3 Å². The Morgan fingerprint density at radius 2 is 2.04 bits per heavy atom. The molecule has 140 valence electrons. The van der Waals surface area contributed by atoms with Gasteiger partial charge in [0.25, 0.3) is 5.91 Å². The van der Waals surface area contributed by atoms with Crippen LogP contribution in [0.1, 0.15) is 47.1 Å². The lowest BCUT2D eigenvalue weighted by Gasteiger charge is -2.14. The maximum absolute atomic E-state index is 12.5. The highest BCUT2D eigenvalue weighted by Crippen LogP contribution is 2.28. The van der Waals surface area contributed by atoms with Crippen molar-refractivity contribution < 1.29 is 19.2 Å². The van der Waals surface area contributed by atoms with E-state index in [2.05, 4.69) is 10.5 Å². The SMILES string of the molecule is CCCC(CNC(=O)c1ccccc1SCc1c(C)noc1C)C(=O)O. The maximum Gasteiger partial charge on any atom is 0.308 e. The van der Waals surface area contributed by atoms with Crippen molar-refractivity contribution in [1.29, 1.82) is 0 Å². The largest absolute Gasteiger partial charge is 0.481 e. The van der Waals surface area contributed by atoms with E-state index in [0.29, 0.717) is 17.7 Å². The Kier molecular flexibility index (Phi) is 7.26. The lowest BCUT2D eigenvalue weighted by molar-refractivity contribution is -0.141. The smallest absolute Gasteiger partial charge is 0.308 e. The van der Waals surface area contributed by atoms with Crippen molar-refractivity contribution in [2.24, 2.45) is 5.92 Å². The third-order valence-corrected chi connectivity index (χ3v) is 5.28. The van der Waals surface area contributed by atoms with Gasteiger partial charge >= 0.3 is 5.97 Å². The Morgan fingerprint density at radius 3 is 2.65 bits per heavy atom. The van der Waals surface area contributed by atoms with Crippen molar-refractivity contribution in [3.63, 3.8) is 0 Å². The number of thioether (sulfide) groups is 1. The molecule has 0 spiro atoms. The van der Waals surface area contributed by atoms with Gasteiger partial charge in [-0.1, -0.05) is 30.6 Å². The van der Waals surface area contributed by atoms with Crippen molar-refractivity contribution in [3.8, 4) is 0 Å². The van der Waals surface area contributed by atoms with Crippen LogP contribution in [-0.4, -0.2) is 28.7 Å². The molecule has 1 atom stereocenters. The lowest BCUT2D eigenvalue weighted by atomic mass is 10.0. The molecule has 0 aliphatic rings. The Bertz CT molecular complexity index is 753. The van der Waals surface area contributed by atoms with Crippen LogP contribution in [-0.2, 0) is 10.5 Å². The number of benzene rings is 1. The number of hydrogen-bond acceptors (Lipinski definition) is 5. The number of carbonyl (C=O) groups is 2. The molecule has 0 saturated heterocycles. The molecule has 6 nitrogen and oxygen atoms in total. The van der Waals surface area contributed by atoms with Crippen molar-refractivity contribution >= 4 is 23.6 Å². The molecular formula is C19H24N2O4S. The molecule has 26 heavy (non-hydrogen) atoms. The van der Waals surface area contributed by atoms with Crippen LogP contribution in [0.25, 0.3) is 0 Å². The molecule has 0 fully saturated rings. The first-order valence-electron chi connectivity index (χ1n) is 8.58. The molecular weight excluding hydrogens is 352 g/mol. The molecule has 7 heteroatoms. The minimum atomic E-state index is -0.881. The number of nitrogens with one attached hydrogen (secondary N) is 1. The molecule has 0 saturated carbocycles. The Hall–Kier alpha value is -2.28. The Morgan fingerprint density at radius 1 is 1.31 bits per heavy atom. The summed E-state index contributed by atoms with van der Waals surface area (Å²) in [4.78, 5) is 24.6. The zero-order chi connectivity index (χ0) is 19.1. The molecule has 0 aliphatic carbocycles. The van der Waals surface area contributed by atoms with Gasteiger partial charge in [-0.05, 0) is 32.4 Å². The predicted octanol–water partition coefficient (Wildman–Crippen LogP) is 3.81. The van der Waals surface area contributed by atoms with Gasteiger partial charge in [0.15, 0.2) is 0 Å². The van der Waals surface area contributed by atoms with Gasteiger partial charge in [0, 0.05) is 22.8 Å². The summed E-state index contributed by atoms with van der Waals surface area (Å²) in [5.74, 6) is -0.270. The summed E-state index contributed by atoms with van der Waals surface area (Å²) in [6.45, 7) is 5.82. The van der Waals surface area contributed by atoms with Crippen LogP contribution in [0.5, 0.6) is 0 Å². The zero-order valence-electron chi connectivity index (χ0n) is 15.2. The number of carbonyl (C=O) groups excluding carboxylic acids is 1. The van der Waals surface area contributed by atoms with E-state index < -0.39 is 11.9 Å². The van der Waals surface area contributed by atoms with Gasteiger partial charge in [0.05, 0.1) is 17.2 Å². The Labute approximate surface area is 157 Å². The van der Waals surface area contributed by atoms with Crippen molar-refractivity contribution in [1.82, 2.24) is 10.5 Å². The number of rotatable bonds is 9. The summed E-state index contributed by atoms with van der Waals surface area (Å²) >= 11 is 1.54. The molecule has 0 aliphatic heterocycles. The summed E-state index contributed by atoms with van der Waals surface area (Å²) in [6.07, 6.45) is 1.30. The zero-order valence-corrected chi connectivity index (χ0v) is 16.1. The highest BCUT2D eigenvalue weighted by Gasteiger charge is 2.19. The van der Waals surface area contributed by atoms with E-state index in [1.165, 1.54) is 11.8 Å². The van der Waals surface area contributed by atoms with Crippen LogP contribution in [0.3, 0.4) is 0 Å². The van der Waals surface area contributed by atoms with Crippen LogP contribution in [0.4, 0.5) is 0 Å². The molecule has 2 rings (SSSR count). The molecule has 0 bridgehead atoms. The van der Waals surface area contributed by atoms with Crippen LogP contribution in [0.2, 0.25) is 0 Å². The van der Waals surface area contributed by atoms with E-state index in [-0.39, 0.29) is 12.5 Å². The van der Waals surface area contributed by atoms with Crippen LogP contribution >= 0.6 is 11.8 Å². The minimum absolute atomic E-state index is 0.130.